The SMILES string of the molecule is CN1CCC(CNC(=O)C2=NCNC2(C(N)=O)c2ccc(NC(=O)c3ccc(F)cc3Cl)cc2)C1. The number of hydrogen-bond donors (Lipinski definition) is 4. The Morgan fingerprint density at radius 3 is 2.60 bits per heavy atom. The van der Waals surface area contributed by atoms with E-state index in [0.717, 1.165) is 31.6 Å². The number of aliphatic imine (C=N–C) groups is 1. The largest absolute Gasteiger partial charge is 0.367 e. The standard InChI is InChI=1S/C24H26ClFN6O3/c1-32-9-8-14(12-32)11-28-22(34)20-24(23(27)35,30-13-29-20)15-2-5-17(6-3-15)31-21(33)18-7-4-16(26)10-19(18)25/h2-7,10,14,30H,8-9,11-13H2,1H3,(H2,27,35)(H,28,34)(H,31,33). The molecule has 0 radical (unpaired) electrons. The first-order valence-electron chi connectivity index (χ1n) is 11.1. The lowest BCUT2D eigenvalue weighted by Gasteiger charge is -2.28. The number of halogens is 2. The Balaban J connectivity index is 1.50. The first-order valence-corrected chi connectivity index (χ1v) is 11.5. The van der Waals surface area contributed by atoms with E-state index >= 15 is 0 Å². The van der Waals surface area contributed by atoms with Crippen molar-refractivity contribution in [2.45, 2.75) is 12.0 Å². The zero-order chi connectivity index (χ0) is 25.2. The Morgan fingerprint density at radius 2 is 1.97 bits per heavy atom. The fourth-order valence-corrected chi connectivity index (χ4v) is 4.71. The first-order chi connectivity index (χ1) is 16.7. The van der Waals surface area contributed by atoms with Crippen molar-refractivity contribution in [3.05, 3.63) is 64.4 Å². The van der Waals surface area contributed by atoms with E-state index in [1.165, 1.54) is 6.07 Å². The second-order valence-corrected chi connectivity index (χ2v) is 9.15. The summed E-state index contributed by atoms with van der Waals surface area (Å²) in [6.07, 6.45) is 0.985. The van der Waals surface area contributed by atoms with Gasteiger partial charge in [0.2, 0.25) is 5.91 Å². The number of benzene rings is 2. The Morgan fingerprint density at radius 1 is 1.23 bits per heavy atom. The minimum atomic E-state index is -1.60. The highest BCUT2D eigenvalue weighted by Crippen LogP contribution is 2.29. The lowest BCUT2D eigenvalue weighted by atomic mass is 9.84. The van der Waals surface area contributed by atoms with Gasteiger partial charge in [-0.25, -0.2) is 4.39 Å². The van der Waals surface area contributed by atoms with Crippen LogP contribution in [0.5, 0.6) is 0 Å². The number of amides is 3. The van der Waals surface area contributed by atoms with Gasteiger partial charge in [0, 0.05) is 18.8 Å². The third-order valence-corrected chi connectivity index (χ3v) is 6.63. The Kier molecular flexibility index (Phi) is 7.15. The molecule has 2 heterocycles. The van der Waals surface area contributed by atoms with Crippen molar-refractivity contribution >= 4 is 40.7 Å². The zero-order valence-corrected chi connectivity index (χ0v) is 19.9. The lowest BCUT2D eigenvalue weighted by Crippen LogP contribution is -2.58. The third-order valence-electron chi connectivity index (χ3n) is 6.31. The average molecular weight is 501 g/mol. The van der Waals surface area contributed by atoms with Gasteiger partial charge in [0.05, 0.1) is 17.3 Å². The number of likely N-dealkylation sites (tertiary alicyclic amines) is 1. The van der Waals surface area contributed by atoms with Crippen LogP contribution in [-0.4, -0.2) is 61.7 Å². The molecule has 184 valence electrons. The molecule has 5 N–H and O–H groups in total. The summed E-state index contributed by atoms with van der Waals surface area (Å²) in [6, 6.07) is 9.79. The molecule has 9 nitrogen and oxygen atoms in total. The maximum absolute atomic E-state index is 13.3. The van der Waals surface area contributed by atoms with E-state index in [0.29, 0.717) is 23.7 Å². The summed E-state index contributed by atoms with van der Waals surface area (Å²) >= 11 is 5.96. The number of nitrogens with one attached hydrogen (secondary N) is 3. The number of anilines is 1. The predicted octanol–water partition coefficient (Wildman–Crippen LogP) is 1.48. The lowest BCUT2D eigenvalue weighted by molar-refractivity contribution is -0.123. The predicted molar refractivity (Wildman–Crippen MR) is 131 cm³/mol. The topological polar surface area (TPSA) is 129 Å². The van der Waals surface area contributed by atoms with Crippen LogP contribution in [0.4, 0.5) is 10.1 Å². The number of carbonyl (C=O) groups is 3. The van der Waals surface area contributed by atoms with Crippen LogP contribution in [0.1, 0.15) is 22.3 Å². The van der Waals surface area contributed by atoms with Gasteiger partial charge in [0.1, 0.15) is 11.5 Å². The summed E-state index contributed by atoms with van der Waals surface area (Å²) in [5, 5.41) is 8.51. The number of nitrogens with zero attached hydrogens (tertiary/aromatic N) is 2. The van der Waals surface area contributed by atoms with Crippen molar-refractivity contribution in [1.82, 2.24) is 15.5 Å². The van der Waals surface area contributed by atoms with Crippen LogP contribution in [0.3, 0.4) is 0 Å². The van der Waals surface area contributed by atoms with Crippen LogP contribution < -0.4 is 21.7 Å². The highest BCUT2D eigenvalue weighted by atomic mass is 35.5. The molecule has 0 spiro atoms. The van der Waals surface area contributed by atoms with Gasteiger partial charge in [-0.2, -0.15) is 0 Å². The van der Waals surface area contributed by atoms with E-state index in [1.807, 2.05) is 7.05 Å². The maximum Gasteiger partial charge on any atom is 0.268 e. The fourth-order valence-electron chi connectivity index (χ4n) is 4.46. The second-order valence-electron chi connectivity index (χ2n) is 8.74. The van der Waals surface area contributed by atoms with Crippen molar-refractivity contribution < 1.29 is 18.8 Å². The number of primary amides is 1. The summed E-state index contributed by atoms with van der Waals surface area (Å²) in [6.45, 7) is 2.40. The van der Waals surface area contributed by atoms with Crippen molar-refractivity contribution in [1.29, 1.82) is 0 Å². The molecular formula is C24H26ClFN6O3. The molecule has 11 heteroatoms. The van der Waals surface area contributed by atoms with Crippen molar-refractivity contribution in [2.24, 2.45) is 16.6 Å². The molecular weight excluding hydrogens is 475 g/mol. The van der Waals surface area contributed by atoms with E-state index in [2.05, 4.69) is 25.8 Å². The summed E-state index contributed by atoms with van der Waals surface area (Å²) in [4.78, 5) is 44.6. The number of nitrogens with two attached hydrogens (primary N) is 1. The molecule has 1 fully saturated rings. The van der Waals surface area contributed by atoms with Crippen LogP contribution >= 0.6 is 11.6 Å². The molecule has 0 saturated carbocycles. The molecule has 2 aliphatic rings. The minimum Gasteiger partial charge on any atom is -0.367 e. The molecule has 1 saturated heterocycles. The van der Waals surface area contributed by atoms with Crippen LogP contribution in [0.15, 0.2) is 47.5 Å². The third kappa shape index (κ3) is 5.04. The highest BCUT2D eigenvalue weighted by Gasteiger charge is 2.49. The zero-order valence-electron chi connectivity index (χ0n) is 19.1. The molecule has 4 rings (SSSR count). The van der Waals surface area contributed by atoms with E-state index in [-0.39, 0.29) is 23.0 Å². The van der Waals surface area contributed by atoms with E-state index in [9.17, 15) is 18.8 Å². The molecule has 2 aliphatic heterocycles. The van der Waals surface area contributed by atoms with Crippen molar-refractivity contribution in [3.63, 3.8) is 0 Å². The van der Waals surface area contributed by atoms with Crippen LogP contribution in [0.2, 0.25) is 5.02 Å². The average Bonchev–Trinajstić information content (AvgIpc) is 3.45. The maximum atomic E-state index is 13.3. The molecule has 0 bridgehead atoms. The summed E-state index contributed by atoms with van der Waals surface area (Å²) in [7, 11) is 2.03. The van der Waals surface area contributed by atoms with Gasteiger partial charge >= 0.3 is 0 Å². The Labute approximate surface area is 206 Å². The van der Waals surface area contributed by atoms with Gasteiger partial charge in [-0.05, 0) is 61.8 Å². The molecule has 2 aromatic carbocycles. The van der Waals surface area contributed by atoms with Gasteiger partial charge in [-0.15, -0.1) is 0 Å². The van der Waals surface area contributed by atoms with Crippen LogP contribution in [0.25, 0.3) is 0 Å². The molecule has 0 aliphatic carbocycles. The van der Waals surface area contributed by atoms with Crippen molar-refractivity contribution in [3.8, 4) is 0 Å². The normalized spacial score (nSPS) is 22.0. The van der Waals surface area contributed by atoms with Gasteiger partial charge in [-0.3, -0.25) is 24.7 Å². The van der Waals surface area contributed by atoms with Gasteiger partial charge < -0.3 is 21.3 Å². The van der Waals surface area contributed by atoms with Crippen LogP contribution in [0, 0.1) is 11.7 Å². The van der Waals surface area contributed by atoms with E-state index in [4.69, 9.17) is 17.3 Å². The quantitative estimate of drug-likeness (QED) is 0.457. The first kappa shape index (κ1) is 24.8. The minimum absolute atomic E-state index is 0.00577. The van der Waals surface area contributed by atoms with E-state index < -0.39 is 29.1 Å². The monoisotopic (exact) mass is 500 g/mol. The van der Waals surface area contributed by atoms with E-state index in [1.54, 1.807) is 24.3 Å². The highest BCUT2D eigenvalue weighted by molar-refractivity contribution is 6.47. The fraction of sp³-hybridized carbons (Fsp3) is 0.333. The summed E-state index contributed by atoms with van der Waals surface area (Å²) in [5.74, 6) is -1.95. The summed E-state index contributed by atoms with van der Waals surface area (Å²) < 4.78 is 13.3. The summed E-state index contributed by atoms with van der Waals surface area (Å²) in [5.41, 5.74) is 5.11. The molecule has 2 unspecified atom stereocenters. The smallest absolute Gasteiger partial charge is 0.268 e. The van der Waals surface area contributed by atoms with Gasteiger partial charge in [-0.1, -0.05) is 23.7 Å². The van der Waals surface area contributed by atoms with Gasteiger partial charge in [0.25, 0.3) is 11.8 Å². The molecule has 2 atom stereocenters. The Hall–Kier alpha value is -3.34. The number of carbonyl (C=O) groups excluding carboxylic acids is 3. The second kappa shape index (κ2) is 10.1. The molecule has 35 heavy (non-hydrogen) atoms. The molecule has 2 aromatic rings. The van der Waals surface area contributed by atoms with Gasteiger partial charge in [0.15, 0.2) is 5.54 Å². The number of hydrogen-bond acceptors (Lipinski definition) is 6. The Bertz CT molecular complexity index is 1190. The molecule has 0 aromatic heterocycles. The van der Waals surface area contributed by atoms with Crippen molar-refractivity contribution in [2.75, 3.05) is 38.7 Å². The number of rotatable bonds is 7. The molecule has 3 amide bonds. The van der Waals surface area contributed by atoms with Crippen LogP contribution in [-0.2, 0) is 15.1 Å².